The van der Waals surface area contributed by atoms with Gasteiger partial charge in [-0.25, -0.2) is 0 Å². The van der Waals surface area contributed by atoms with Gasteiger partial charge in [-0.2, -0.15) is 10.5 Å². The number of nitrogens with zero attached hydrogens (tertiary/aromatic N) is 2. The predicted octanol–water partition coefficient (Wildman–Crippen LogP) is 1.43. The molecule has 1 aromatic carbocycles. The van der Waals surface area contributed by atoms with Crippen LogP contribution < -0.4 is 0 Å². The van der Waals surface area contributed by atoms with Crippen LogP contribution in [-0.4, -0.2) is 0 Å². The fourth-order valence-electron chi connectivity index (χ4n) is 0.564. The summed E-state index contributed by atoms with van der Waals surface area (Å²) >= 11 is 0. The maximum atomic E-state index is 8.43. The SMILES string of the molecule is [2H]c1cc(C#N)ccc1C#N. The van der Waals surface area contributed by atoms with Crippen LogP contribution in [0.4, 0.5) is 0 Å². The van der Waals surface area contributed by atoms with Crippen LogP contribution in [-0.2, 0) is 0 Å². The summed E-state index contributed by atoms with van der Waals surface area (Å²) in [5.41, 5.74) is 0.706. The van der Waals surface area contributed by atoms with E-state index in [1.165, 1.54) is 18.2 Å². The van der Waals surface area contributed by atoms with E-state index in [9.17, 15) is 0 Å². The Hall–Kier alpha value is -1.80. The molecule has 0 atom stereocenters. The fourth-order valence-corrected chi connectivity index (χ4v) is 0.564. The van der Waals surface area contributed by atoms with Crippen LogP contribution in [0.2, 0.25) is 0 Å². The van der Waals surface area contributed by atoms with Crippen LogP contribution in [0.3, 0.4) is 0 Å². The Morgan fingerprint density at radius 2 is 1.70 bits per heavy atom. The third kappa shape index (κ3) is 1.13. The molecular formula is C8H4N2. The number of nitriles is 2. The average Bonchev–Trinajstić information content (AvgIpc) is 2.04. The molecule has 10 heavy (non-hydrogen) atoms. The first kappa shape index (κ1) is 5.02. The minimum absolute atomic E-state index is 0.103. The summed E-state index contributed by atoms with van der Waals surface area (Å²) in [6.07, 6.45) is 0. The normalized spacial score (nSPS) is 9.20. The van der Waals surface area contributed by atoms with E-state index in [1.54, 1.807) is 0 Å². The lowest BCUT2D eigenvalue weighted by Gasteiger charge is -1.85. The summed E-state index contributed by atoms with van der Waals surface area (Å²) in [4.78, 5) is 0. The molecule has 0 saturated carbocycles. The van der Waals surface area contributed by atoms with Gasteiger partial charge < -0.3 is 0 Å². The summed E-state index contributed by atoms with van der Waals surface area (Å²) in [7, 11) is 0. The van der Waals surface area contributed by atoms with Gasteiger partial charge in [-0.3, -0.25) is 0 Å². The van der Waals surface area contributed by atoms with Crippen LogP contribution in [0.5, 0.6) is 0 Å². The molecular weight excluding hydrogens is 124 g/mol. The Morgan fingerprint density at radius 1 is 1.10 bits per heavy atom. The lowest BCUT2D eigenvalue weighted by atomic mass is 10.2. The topological polar surface area (TPSA) is 47.6 Å². The zero-order valence-corrected chi connectivity index (χ0v) is 5.13. The zero-order valence-electron chi connectivity index (χ0n) is 6.13. The molecule has 0 unspecified atom stereocenters. The van der Waals surface area contributed by atoms with E-state index < -0.39 is 0 Å². The minimum atomic E-state index is 0.103. The Morgan fingerprint density at radius 3 is 2.20 bits per heavy atom. The third-order valence-electron chi connectivity index (χ3n) is 1.06. The number of hydrogen-bond acceptors (Lipinski definition) is 2. The number of rotatable bonds is 0. The van der Waals surface area contributed by atoms with Crippen molar-refractivity contribution in [3.63, 3.8) is 0 Å². The van der Waals surface area contributed by atoms with Crippen molar-refractivity contribution in [1.29, 1.82) is 10.5 Å². The molecule has 0 aromatic heterocycles. The molecule has 2 nitrogen and oxygen atoms in total. The van der Waals surface area contributed by atoms with Gasteiger partial charge in [0.15, 0.2) is 0 Å². The molecule has 0 radical (unpaired) electrons. The Kier molecular flexibility index (Phi) is 1.34. The molecule has 0 fully saturated rings. The first-order valence-corrected chi connectivity index (χ1v) is 2.69. The van der Waals surface area contributed by atoms with E-state index in [0.717, 1.165) is 0 Å². The summed E-state index contributed by atoms with van der Waals surface area (Å²) in [6, 6.07) is 8.21. The van der Waals surface area contributed by atoms with E-state index in [1.807, 2.05) is 12.1 Å². The Bertz CT molecular complexity index is 357. The van der Waals surface area contributed by atoms with Crippen LogP contribution in [0.15, 0.2) is 24.2 Å². The molecule has 0 aliphatic rings. The van der Waals surface area contributed by atoms with Crippen LogP contribution in [0.25, 0.3) is 0 Å². The van der Waals surface area contributed by atoms with Gasteiger partial charge in [0.2, 0.25) is 0 Å². The average molecular weight is 129 g/mol. The maximum absolute atomic E-state index is 8.43. The highest BCUT2D eigenvalue weighted by molar-refractivity contribution is 5.36. The highest BCUT2D eigenvalue weighted by Gasteiger charge is 1.88. The highest BCUT2D eigenvalue weighted by Crippen LogP contribution is 2.00. The number of benzene rings is 1. The Balaban J connectivity index is 3.25. The smallest absolute Gasteiger partial charge is 0.0991 e. The van der Waals surface area contributed by atoms with Gasteiger partial charge in [-0.05, 0) is 24.2 Å². The van der Waals surface area contributed by atoms with Crippen molar-refractivity contribution < 1.29 is 1.37 Å². The molecule has 46 valence electrons. The molecule has 0 saturated heterocycles. The van der Waals surface area contributed by atoms with E-state index in [4.69, 9.17) is 11.9 Å². The molecule has 0 amide bonds. The highest BCUT2D eigenvalue weighted by atomic mass is 14.2. The van der Waals surface area contributed by atoms with Gasteiger partial charge in [0.1, 0.15) is 0 Å². The quantitative estimate of drug-likeness (QED) is 0.532. The molecule has 0 N–H and O–H groups in total. The molecule has 2 heteroatoms. The summed E-state index contributed by atoms with van der Waals surface area (Å²) in [6.45, 7) is 0. The predicted molar refractivity (Wildman–Crippen MR) is 35.9 cm³/mol. The van der Waals surface area contributed by atoms with Crippen LogP contribution in [0, 0.1) is 22.7 Å². The molecule has 1 aromatic rings. The van der Waals surface area contributed by atoms with Crippen molar-refractivity contribution in [2.45, 2.75) is 0 Å². The zero-order chi connectivity index (χ0) is 8.27. The Labute approximate surface area is 60.4 Å². The first-order chi connectivity index (χ1) is 5.27. The van der Waals surface area contributed by atoms with E-state index in [2.05, 4.69) is 0 Å². The minimum Gasteiger partial charge on any atom is -0.192 e. The van der Waals surface area contributed by atoms with Crippen molar-refractivity contribution in [3.05, 3.63) is 35.4 Å². The van der Waals surface area contributed by atoms with E-state index >= 15 is 0 Å². The second-order valence-electron chi connectivity index (χ2n) is 1.71. The van der Waals surface area contributed by atoms with Gasteiger partial charge in [0.05, 0.1) is 24.6 Å². The van der Waals surface area contributed by atoms with Crippen LogP contribution in [0.1, 0.15) is 12.5 Å². The molecule has 1 rings (SSSR count). The lowest BCUT2D eigenvalue weighted by molar-refractivity contribution is 1.45. The molecule has 0 aliphatic carbocycles. The van der Waals surface area contributed by atoms with Crippen molar-refractivity contribution >= 4 is 0 Å². The van der Waals surface area contributed by atoms with Gasteiger partial charge in [0, 0.05) is 0 Å². The van der Waals surface area contributed by atoms with E-state index in [-0.39, 0.29) is 6.04 Å². The van der Waals surface area contributed by atoms with Crippen molar-refractivity contribution in [2.24, 2.45) is 0 Å². The second kappa shape index (κ2) is 2.66. The van der Waals surface area contributed by atoms with Crippen molar-refractivity contribution in [2.75, 3.05) is 0 Å². The second-order valence-corrected chi connectivity index (χ2v) is 1.71. The molecule has 0 spiro atoms. The van der Waals surface area contributed by atoms with E-state index in [0.29, 0.717) is 11.1 Å². The summed E-state index contributed by atoms with van der Waals surface area (Å²) < 4.78 is 7.24. The molecule has 0 heterocycles. The number of hydrogen-bond donors (Lipinski definition) is 0. The largest absolute Gasteiger partial charge is 0.192 e. The lowest BCUT2D eigenvalue weighted by Crippen LogP contribution is -1.74. The van der Waals surface area contributed by atoms with Gasteiger partial charge in [0.25, 0.3) is 0 Å². The van der Waals surface area contributed by atoms with Gasteiger partial charge in [-0.1, -0.05) is 0 Å². The summed E-state index contributed by atoms with van der Waals surface area (Å²) in [5.74, 6) is 0. The first-order valence-electron chi connectivity index (χ1n) is 3.19. The molecule has 0 bridgehead atoms. The van der Waals surface area contributed by atoms with Gasteiger partial charge in [-0.15, -0.1) is 0 Å². The van der Waals surface area contributed by atoms with Gasteiger partial charge >= 0.3 is 0 Å². The summed E-state index contributed by atoms with van der Waals surface area (Å²) in [5, 5.41) is 16.8. The van der Waals surface area contributed by atoms with Crippen molar-refractivity contribution in [3.8, 4) is 12.1 Å². The monoisotopic (exact) mass is 129 g/mol. The molecule has 0 aliphatic heterocycles. The maximum Gasteiger partial charge on any atom is 0.0991 e. The third-order valence-corrected chi connectivity index (χ3v) is 1.06. The van der Waals surface area contributed by atoms with Crippen molar-refractivity contribution in [1.82, 2.24) is 0 Å². The van der Waals surface area contributed by atoms with Crippen LogP contribution >= 0.6 is 0 Å². The standard InChI is InChI=1S/C8H4N2/c9-5-7-1-2-8(6-10)4-3-7/h1-4H/i1D. The fraction of sp³-hybridized carbons (Fsp3) is 0.